The molecule has 0 atom stereocenters. The summed E-state index contributed by atoms with van der Waals surface area (Å²) < 4.78 is 29.4. The highest BCUT2D eigenvalue weighted by molar-refractivity contribution is 7.98. The van der Waals surface area contributed by atoms with Crippen molar-refractivity contribution >= 4 is 11.8 Å². The van der Waals surface area contributed by atoms with Crippen LogP contribution in [-0.4, -0.2) is 15.7 Å². The zero-order chi connectivity index (χ0) is 12.8. The topological polar surface area (TPSA) is 53.9 Å². The molecule has 0 aliphatic rings. The van der Waals surface area contributed by atoms with E-state index in [9.17, 15) is 8.78 Å². The van der Waals surface area contributed by atoms with E-state index in [1.807, 2.05) is 0 Å². The van der Waals surface area contributed by atoms with Crippen LogP contribution in [-0.2, 0) is 18.8 Å². The van der Waals surface area contributed by atoms with Gasteiger partial charge in [-0.3, -0.25) is 0 Å². The van der Waals surface area contributed by atoms with Gasteiger partial charge in [-0.2, -0.15) is 8.78 Å². The summed E-state index contributed by atoms with van der Waals surface area (Å²) in [4.78, 5) is 6.87. The molecule has 2 rings (SSSR count). The van der Waals surface area contributed by atoms with E-state index in [0.717, 1.165) is 11.5 Å². The number of rotatable bonds is 7. The number of hydrogen-bond donors (Lipinski definition) is 2. The summed E-state index contributed by atoms with van der Waals surface area (Å²) in [6, 6.07) is 3.52. The van der Waals surface area contributed by atoms with Crippen LogP contribution in [0, 0.1) is 0 Å². The fraction of sp³-hybridized carbons (Fsp3) is 0.364. The number of nitrogens with zero attached hydrogens (tertiary/aromatic N) is 1. The zero-order valence-corrected chi connectivity index (χ0v) is 10.3. The molecule has 2 aromatic heterocycles. The van der Waals surface area contributed by atoms with Gasteiger partial charge in [-0.05, 0) is 12.1 Å². The Morgan fingerprint density at radius 3 is 2.89 bits per heavy atom. The van der Waals surface area contributed by atoms with Crippen molar-refractivity contribution < 1.29 is 13.2 Å². The average molecular weight is 273 g/mol. The van der Waals surface area contributed by atoms with E-state index >= 15 is 0 Å². The lowest BCUT2D eigenvalue weighted by atomic mass is 10.4. The molecule has 0 radical (unpaired) electrons. The van der Waals surface area contributed by atoms with Crippen LogP contribution in [0.4, 0.5) is 8.78 Å². The summed E-state index contributed by atoms with van der Waals surface area (Å²) >= 11 is 0.559. The molecule has 2 aromatic rings. The summed E-state index contributed by atoms with van der Waals surface area (Å²) in [6.45, 7) is 1.21. The molecule has 98 valence electrons. The number of alkyl halides is 2. The Kier molecular flexibility index (Phi) is 4.77. The molecule has 0 amide bonds. The molecule has 18 heavy (non-hydrogen) atoms. The maximum atomic E-state index is 12.0. The average Bonchev–Trinajstić information content (AvgIpc) is 2.97. The fourth-order valence-corrected chi connectivity index (χ4v) is 1.89. The van der Waals surface area contributed by atoms with Gasteiger partial charge in [0.25, 0.3) is 5.76 Å². The number of furan rings is 1. The van der Waals surface area contributed by atoms with Gasteiger partial charge in [0, 0.05) is 18.4 Å². The van der Waals surface area contributed by atoms with Crippen LogP contribution in [0.25, 0.3) is 0 Å². The summed E-state index contributed by atoms with van der Waals surface area (Å²) in [6.07, 6.45) is 3.35. The maximum Gasteiger partial charge on any atom is 0.284 e. The van der Waals surface area contributed by atoms with Gasteiger partial charge < -0.3 is 14.7 Å². The van der Waals surface area contributed by atoms with Gasteiger partial charge >= 0.3 is 0 Å². The lowest BCUT2D eigenvalue weighted by Gasteiger charge is -2.00. The van der Waals surface area contributed by atoms with Crippen molar-refractivity contribution in [1.82, 2.24) is 15.3 Å². The number of imidazole rings is 1. The SMILES string of the molecule is FC(F)SCc1ccc(CNCc2cnc[nH]2)o1. The first-order valence-corrected chi connectivity index (χ1v) is 6.44. The van der Waals surface area contributed by atoms with Gasteiger partial charge in [0.1, 0.15) is 11.5 Å². The number of nitrogens with one attached hydrogen (secondary N) is 2. The molecular formula is C11H13F2N3OS. The Morgan fingerprint density at radius 1 is 1.33 bits per heavy atom. The van der Waals surface area contributed by atoms with Crippen LogP contribution in [0.3, 0.4) is 0 Å². The van der Waals surface area contributed by atoms with Gasteiger partial charge in [0.05, 0.1) is 18.6 Å². The molecule has 0 fully saturated rings. The first-order chi connectivity index (χ1) is 8.74. The predicted octanol–water partition coefficient (Wildman–Crippen LogP) is 2.75. The summed E-state index contributed by atoms with van der Waals surface area (Å²) in [7, 11) is 0. The van der Waals surface area contributed by atoms with Crippen LogP contribution in [0.5, 0.6) is 0 Å². The summed E-state index contributed by atoms with van der Waals surface area (Å²) in [5.41, 5.74) is 0.982. The van der Waals surface area contributed by atoms with Crippen molar-refractivity contribution in [2.75, 3.05) is 0 Å². The molecule has 0 aliphatic carbocycles. The van der Waals surface area contributed by atoms with Crippen molar-refractivity contribution in [2.24, 2.45) is 0 Å². The maximum absolute atomic E-state index is 12.0. The van der Waals surface area contributed by atoms with E-state index < -0.39 is 5.76 Å². The number of aromatic nitrogens is 2. The van der Waals surface area contributed by atoms with Crippen molar-refractivity contribution in [1.29, 1.82) is 0 Å². The third-order valence-corrected chi connectivity index (χ3v) is 2.94. The molecule has 0 aromatic carbocycles. The van der Waals surface area contributed by atoms with Crippen molar-refractivity contribution in [3.05, 3.63) is 41.9 Å². The molecule has 0 spiro atoms. The van der Waals surface area contributed by atoms with Crippen LogP contribution >= 0.6 is 11.8 Å². The molecule has 4 nitrogen and oxygen atoms in total. The van der Waals surface area contributed by atoms with E-state index in [1.54, 1.807) is 24.7 Å². The largest absolute Gasteiger partial charge is 0.464 e. The Balaban J connectivity index is 1.73. The Hall–Kier alpha value is -1.34. The van der Waals surface area contributed by atoms with Crippen LogP contribution in [0.15, 0.2) is 29.1 Å². The van der Waals surface area contributed by atoms with Crippen molar-refractivity contribution in [3.8, 4) is 0 Å². The molecule has 0 unspecified atom stereocenters. The van der Waals surface area contributed by atoms with E-state index in [0.29, 0.717) is 30.6 Å². The predicted molar refractivity (Wildman–Crippen MR) is 65.1 cm³/mol. The Morgan fingerprint density at radius 2 is 2.17 bits per heavy atom. The van der Waals surface area contributed by atoms with Crippen molar-refractivity contribution in [2.45, 2.75) is 24.6 Å². The molecule has 2 N–H and O–H groups in total. The van der Waals surface area contributed by atoms with E-state index in [-0.39, 0.29) is 5.75 Å². The number of hydrogen-bond acceptors (Lipinski definition) is 4. The minimum absolute atomic E-state index is 0.193. The monoisotopic (exact) mass is 273 g/mol. The second kappa shape index (κ2) is 6.55. The molecule has 2 heterocycles. The van der Waals surface area contributed by atoms with Crippen LogP contribution in [0.1, 0.15) is 17.2 Å². The first kappa shape index (κ1) is 13.1. The quantitative estimate of drug-likeness (QED) is 0.814. The van der Waals surface area contributed by atoms with Gasteiger partial charge in [0.2, 0.25) is 0 Å². The zero-order valence-electron chi connectivity index (χ0n) is 9.53. The molecular weight excluding hydrogens is 260 g/mol. The van der Waals surface area contributed by atoms with Gasteiger partial charge in [-0.1, -0.05) is 11.8 Å². The number of H-pyrrole nitrogens is 1. The molecule has 0 aliphatic heterocycles. The van der Waals surface area contributed by atoms with Crippen LogP contribution in [0.2, 0.25) is 0 Å². The Bertz CT molecular complexity index is 459. The fourth-order valence-electron chi connectivity index (χ4n) is 1.44. The standard InChI is InChI=1S/C11H13F2N3OS/c12-11(13)18-6-10-2-1-9(17-10)5-14-3-8-4-15-7-16-8/h1-2,4,7,11,14H,3,5-6H2,(H,15,16). The van der Waals surface area contributed by atoms with E-state index in [1.165, 1.54) is 0 Å². The van der Waals surface area contributed by atoms with Gasteiger partial charge in [0.15, 0.2) is 0 Å². The van der Waals surface area contributed by atoms with E-state index in [4.69, 9.17) is 4.42 Å². The third kappa shape index (κ3) is 4.15. The van der Waals surface area contributed by atoms with Gasteiger partial charge in [-0.15, -0.1) is 0 Å². The number of halogens is 2. The highest BCUT2D eigenvalue weighted by atomic mass is 32.2. The van der Waals surface area contributed by atoms with Crippen molar-refractivity contribution in [3.63, 3.8) is 0 Å². The first-order valence-electron chi connectivity index (χ1n) is 5.39. The lowest BCUT2D eigenvalue weighted by Crippen LogP contribution is -2.12. The lowest BCUT2D eigenvalue weighted by molar-refractivity contribution is 0.251. The molecule has 0 saturated carbocycles. The second-order valence-corrected chi connectivity index (χ2v) is 4.60. The molecule has 0 saturated heterocycles. The Labute approximate surface area is 107 Å². The van der Waals surface area contributed by atoms with Gasteiger partial charge in [-0.25, -0.2) is 4.98 Å². The normalized spacial score (nSPS) is 11.3. The highest BCUT2D eigenvalue weighted by Crippen LogP contribution is 2.21. The molecule has 7 heteroatoms. The smallest absolute Gasteiger partial charge is 0.284 e. The summed E-state index contributed by atoms with van der Waals surface area (Å²) in [5.74, 6) is -0.867. The highest BCUT2D eigenvalue weighted by Gasteiger charge is 2.07. The number of aromatic amines is 1. The second-order valence-electron chi connectivity index (χ2n) is 3.62. The third-order valence-electron chi connectivity index (χ3n) is 2.24. The summed E-state index contributed by atoms with van der Waals surface area (Å²) in [5, 5.41) is 3.16. The number of thioether (sulfide) groups is 1. The minimum atomic E-state index is -2.36. The minimum Gasteiger partial charge on any atom is -0.464 e. The van der Waals surface area contributed by atoms with Crippen LogP contribution < -0.4 is 5.32 Å². The van der Waals surface area contributed by atoms with E-state index in [2.05, 4.69) is 15.3 Å². The molecule has 0 bridgehead atoms.